The maximum atomic E-state index is 12.4. The molecule has 0 unspecified atom stereocenters. The van der Waals surface area contributed by atoms with Gasteiger partial charge in [-0.1, -0.05) is 23.4 Å². The van der Waals surface area contributed by atoms with E-state index < -0.39 is 18.2 Å². The van der Waals surface area contributed by atoms with Gasteiger partial charge in [-0.05, 0) is 31.5 Å². The van der Waals surface area contributed by atoms with Crippen LogP contribution in [-0.2, 0) is 14.3 Å². The van der Waals surface area contributed by atoms with Crippen molar-refractivity contribution in [3.63, 3.8) is 0 Å². The van der Waals surface area contributed by atoms with Crippen molar-refractivity contribution in [2.24, 2.45) is 0 Å². The topological polar surface area (TPSA) is 64.6 Å². The van der Waals surface area contributed by atoms with Crippen LogP contribution in [0.5, 0.6) is 0 Å². The van der Waals surface area contributed by atoms with Crippen molar-refractivity contribution < 1.29 is 32.2 Å². The van der Waals surface area contributed by atoms with Crippen LogP contribution in [-0.4, -0.2) is 31.5 Å². The van der Waals surface area contributed by atoms with Gasteiger partial charge in [-0.15, -0.1) is 0 Å². The van der Waals surface area contributed by atoms with E-state index in [1.807, 2.05) is 0 Å². The quantitative estimate of drug-likeness (QED) is 0.657. The molecule has 0 radical (unpaired) electrons. The van der Waals surface area contributed by atoms with Gasteiger partial charge >= 0.3 is 18.2 Å². The summed E-state index contributed by atoms with van der Waals surface area (Å²) in [6.45, 7) is 2.96. The molecule has 0 saturated carbocycles. The first-order valence-electron chi connectivity index (χ1n) is 6.62. The number of benzene rings is 1. The van der Waals surface area contributed by atoms with E-state index in [0.717, 1.165) is 0 Å². The second kappa shape index (κ2) is 8.45. The molecule has 1 aromatic rings. The predicted molar refractivity (Wildman–Crippen MR) is 80.7 cm³/mol. The van der Waals surface area contributed by atoms with Gasteiger partial charge in [0.25, 0.3) is 0 Å². The van der Waals surface area contributed by atoms with Crippen molar-refractivity contribution in [3.05, 3.63) is 28.3 Å². The molecule has 0 fully saturated rings. The number of nitrogens with one attached hydrogen (secondary N) is 1. The number of hydrogen-bond acceptors (Lipinski definition) is 4. The third kappa shape index (κ3) is 6.01. The van der Waals surface area contributed by atoms with Crippen LogP contribution in [0.25, 0.3) is 0 Å². The smallest absolute Gasteiger partial charge is 0.435 e. The van der Waals surface area contributed by atoms with E-state index in [0.29, 0.717) is 5.56 Å². The molecule has 1 amide bonds. The lowest BCUT2D eigenvalue weighted by Crippen LogP contribution is -2.30. The van der Waals surface area contributed by atoms with Crippen LogP contribution in [0.15, 0.2) is 12.1 Å². The number of amides is 1. The van der Waals surface area contributed by atoms with Crippen LogP contribution in [0.2, 0.25) is 5.02 Å². The van der Waals surface area contributed by atoms with E-state index in [1.54, 1.807) is 19.2 Å². The van der Waals surface area contributed by atoms with Crippen molar-refractivity contribution in [2.75, 3.05) is 18.5 Å². The number of anilines is 1. The molecule has 0 aliphatic heterocycles. The molecule has 1 aromatic carbocycles. The zero-order valence-corrected chi connectivity index (χ0v) is 13.5. The van der Waals surface area contributed by atoms with Gasteiger partial charge in [-0.2, -0.15) is 13.2 Å². The van der Waals surface area contributed by atoms with Gasteiger partial charge in [0.05, 0.1) is 22.9 Å². The van der Waals surface area contributed by atoms with Crippen LogP contribution in [0, 0.1) is 18.8 Å². The van der Waals surface area contributed by atoms with Crippen LogP contribution in [0.1, 0.15) is 18.1 Å². The lowest BCUT2D eigenvalue weighted by Gasteiger charge is -2.11. The third-order valence-electron chi connectivity index (χ3n) is 2.48. The lowest BCUT2D eigenvalue weighted by molar-refractivity contribution is -0.167. The summed E-state index contributed by atoms with van der Waals surface area (Å²) >= 11 is 5.96. The number of carbonyl (C=O) groups excluding carboxylic acids is 2. The molecular weight excluding hydrogens is 351 g/mol. The summed E-state index contributed by atoms with van der Waals surface area (Å²) in [4.78, 5) is 22.1. The molecular formula is C15H13ClF3NO4. The fraction of sp³-hybridized carbons (Fsp3) is 0.333. The summed E-state index contributed by atoms with van der Waals surface area (Å²) in [7, 11) is 0. The third-order valence-corrected chi connectivity index (χ3v) is 2.78. The van der Waals surface area contributed by atoms with Crippen molar-refractivity contribution in [1.29, 1.82) is 0 Å². The summed E-state index contributed by atoms with van der Waals surface area (Å²) < 4.78 is 46.3. The molecule has 0 bridgehead atoms. The Balaban J connectivity index is 2.98. The maximum Gasteiger partial charge on any atom is 0.509 e. The Hall–Kier alpha value is -2.40. The number of rotatable bonds is 3. The van der Waals surface area contributed by atoms with Gasteiger partial charge in [0.1, 0.15) is 0 Å². The number of hydrogen-bond donors (Lipinski definition) is 1. The minimum absolute atomic E-state index is 0.0210. The highest BCUT2D eigenvalue weighted by molar-refractivity contribution is 6.32. The molecule has 5 nitrogen and oxygen atoms in total. The maximum absolute atomic E-state index is 12.4. The Morgan fingerprint density at radius 1 is 1.29 bits per heavy atom. The van der Waals surface area contributed by atoms with Gasteiger partial charge in [-0.25, -0.2) is 4.79 Å². The standard InChI is InChI=1S/C15H13ClF3NO4/c1-3-23-14(22)24-6-4-5-10-11(16)7-9(2)8-12(10)20-13(21)15(17,18)19/h7-8H,3,6H2,1-2H3,(H,20,21). The van der Waals surface area contributed by atoms with Crippen molar-refractivity contribution in [2.45, 2.75) is 20.0 Å². The van der Waals surface area contributed by atoms with Gasteiger partial charge in [0, 0.05) is 0 Å². The van der Waals surface area contributed by atoms with Gasteiger partial charge in [0.2, 0.25) is 0 Å². The Kier molecular flexibility index (Phi) is 6.92. The molecule has 0 saturated heterocycles. The van der Waals surface area contributed by atoms with Crippen LogP contribution in [0.3, 0.4) is 0 Å². The summed E-state index contributed by atoms with van der Waals surface area (Å²) in [6, 6.07) is 2.77. The average Bonchev–Trinajstić information content (AvgIpc) is 2.44. The predicted octanol–water partition coefficient (Wildman–Crippen LogP) is 3.67. The highest BCUT2D eigenvalue weighted by Crippen LogP contribution is 2.27. The first-order valence-corrected chi connectivity index (χ1v) is 6.99. The molecule has 1 rings (SSSR count). The number of aryl methyl sites for hydroxylation is 1. The fourth-order valence-corrected chi connectivity index (χ4v) is 1.86. The molecule has 130 valence electrons. The van der Waals surface area contributed by atoms with E-state index in [4.69, 9.17) is 11.6 Å². The molecule has 1 N–H and O–H groups in total. The van der Waals surface area contributed by atoms with E-state index in [2.05, 4.69) is 21.3 Å². The number of alkyl halides is 3. The average molecular weight is 364 g/mol. The number of halogens is 4. The number of ether oxygens (including phenoxy) is 2. The summed E-state index contributed by atoms with van der Waals surface area (Å²) in [5, 5.41) is 1.77. The monoisotopic (exact) mass is 363 g/mol. The van der Waals surface area contributed by atoms with E-state index in [-0.39, 0.29) is 29.5 Å². The zero-order chi connectivity index (χ0) is 18.3. The van der Waals surface area contributed by atoms with Crippen LogP contribution in [0.4, 0.5) is 23.7 Å². The highest BCUT2D eigenvalue weighted by atomic mass is 35.5. The van der Waals surface area contributed by atoms with E-state index in [1.165, 1.54) is 12.1 Å². The second-order valence-corrected chi connectivity index (χ2v) is 4.80. The highest BCUT2D eigenvalue weighted by Gasteiger charge is 2.39. The molecule has 0 aliphatic rings. The first-order chi connectivity index (χ1) is 11.1. The van der Waals surface area contributed by atoms with E-state index >= 15 is 0 Å². The largest absolute Gasteiger partial charge is 0.509 e. The normalized spacial score (nSPS) is 10.4. The molecule has 9 heteroatoms. The lowest BCUT2D eigenvalue weighted by atomic mass is 10.1. The molecule has 0 atom stereocenters. The Morgan fingerprint density at radius 3 is 2.54 bits per heavy atom. The van der Waals surface area contributed by atoms with Gasteiger partial charge in [0.15, 0.2) is 6.61 Å². The minimum atomic E-state index is -5.05. The van der Waals surface area contributed by atoms with Crippen LogP contribution < -0.4 is 5.32 Å². The fourth-order valence-electron chi connectivity index (χ4n) is 1.54. The molecule has 24 heavy (non-hydrogen) atoms. The van der Waals surface area contributed by atoms with Gasteiger partial charge in [-0.3, -0.25) is 4.79 Å². The SMILES string of the molecule is CCOC(=O)OCC#Cc1c(Cl)cc(C)cc1NC(=O)C(F)(F)F. The molecule has 0 aromatic heterocycles. The molecule has 0 spiro atoms. The Bertz CT molecular complexity index is 692. The zero-order valence-electron chi connectivity index (χ0n) is 12.7. The molecule has 0 heterocycles. The minimum Gasteiger partial charge on any atom is -0.435 e. The first kappa shape index (κ1) is 19.6. The van der Waals surface area contributed by atoms with Crippen molar-refractivity contribution in [1.82, 2.24) is 0 Å². The summed E-state index contributed by atoms with van der Waals surface area (Å²) in [5.41, 5.74) is 0.323. The second-order valence-electron chi connectivity index (χ2n) is 4.39. The Labute approximate surface area is 141 Å². The van der Waals surface area contributed by atoms with E-state index in [9.17, 15) is 22.8 Å². The molecule has 0 aliphatic carbocycles. The van der Waals surface area contributed by atoms with Crippen LogP contribution >= 0.6 is 11.6 Å². The number of carbonyl (C=O) groups is 2. The van der Waals surface area contributed by atoms with Crippen molar-refractivity contribution in [3.8, 4) is 11.8 Å². The van der Waals surface area contributed by atoms with Crippen molar-refractivity contribution >= 4 is 29.4 Å². The Morgan fingerprint density at radius 2 is 1.96 bits per heavy atom. The summed E-state index contributed by atoms with van der Waals surface area (Å²) in [5.74, 6) is 2.74. The van der Waals surface area contributed by atoms with Gasteiger partial charge < -0.3 is 14.8 Å². The summed E-state index contributed by atoms with van der Waals surface area (Å²) in [6.07, 6.45) is -5.97.